The van der Waals surface area contributed by atoms with Crippen LogP contribution in [0.3, 0.4) is 0 Å². The van der Waals surface area contributed by atoms with Crippen LogP contribution in [0.2, 0.25) is 0 Å². The van der Waals surface area contributed by atoms with E-state index in [2.05, 4.69) is 5.32 Å². The molecule has 1 N–H and O–H groups in total. The summed E-state index contributed by atoms with van der Waals surface area (Å²) in [6.07, 6.45) is 2.85. The molecule has 2 fully saturated rings. The highest BCUT2D eigenvalue weighted by atomic mass is 32.2. The molecule has 0 saturated carbocycles. The van der Waals surface area contributed by atoms with E-state index >= 15 is 0 Å². The number of sulfonamides is 1. The minimum atomic E-state index is -3.59. The van der Waals surface area contributed by atoms with Crippen molar-refractivity contribution in [1.82, 2.24) is 4.31 Å². The number of nitrogens with one attached hydrogen (secondary N) is 1. The molecule has 33 heavy (non-hydrogen) atoms. The van der Waals surface area contributed by atoms with Gasteiger partial charge in [-0.25, -0.2) is 8.42 Å². The van der Waals surface area contributed by atoms with Crippen molar-refractivity contribution in [2.75, 3.05) is 36.5 Å². The number of amides is 2. The molecule has 2 amide bonds. The molecule has 9 heteroatoms. The first-order valence-corrected chi connectivity index (χ1v) is 12.8. The van der Waals surface area contributed by atoms with Gasteiger partial charge in [0.1, 0.15) is 5.75 Å². The van der Waals surface area contributed by atoms with Crippen molar-refractivity contribution >= 4 is 33.2 Å². The third kappa shape index (κ3) is 5.20. The van der Waals surface area contributed by atoms with Crippen molar-refractivity contribution < 1.29 is 22.7 Å². The number of nitrogens with zero attached hydrogens (tertiary/aromatic N) is 2. The summed E-state index contributed by atoms with van der Waals surface area (Å²) < 4.78 is 32.8. The van der Waals surface area contributed by atoms with E-state index < -0.39 is 15.9 Å². The Kier molecular flexibility index (Phi) is 6.99. The molecule has 0 aliphatic carbocycles. The van der Waals surface area contributed by atoms with Crippen LogP contribution < -0.4 is 15.0 Å². The maximum atomic E-state index is 12.9. The Morgan fingerprint density at radius 3 is 2.52 bits per heavy atom. The first kappa shape index (κ1) is 23.3. The van der Waals surface area contributed by atoms with Gasteiger partial charge in [0.2, 0.25) is 21.8 Å². The van der Waals surface area contributed by atoms with Crippen LogP contribution in [-0.4, -0.2) is 50.8 Å². The molecule has 0 spiro atoms. The topological polar surface area (TPSA) is 96.0 Å². The summed E-state index contributed by atoms with van der Waals surface area (Å²) in [5.74, 6) is -0.224. The van der Waals surface area contributed by atoms with Crippen LogP contribution in [0.25, 0.3) is 0 Å². The molecule has 2 aliphatic heterocycles. The standard InChI is InChI=1S/C24H29N3O5S/c1-2-32-21-11-9-20(10-12-21)27-17-18(15-23(27)28)24(29)25-19-7-6-8-22(16-19)33(30,31)26-13-4-3-5-14-26/h6-12,16,18H,2-5,13-15,17H2,1H3,(H,25,29)/t18-/m1/s1. The highest BCUT2D eigenvalue weighted by molar-refractivity contribution is 7.89. The zero-order valence-electron chi connectivity index (χ0n) is 18.7. The van der Waals surface area contributed by atoms with Gasteiger partial charge in [0.05, 0.1) is 17.4 Å². The lowest BCUT2D eigenvalue weighted by atomic mass is 10.1. The van der Waals surface area contributed by atoms with Crippen LogP contribution in [0.15, 0.2) is 53.4 Å². The molecule has 2 aromatic rings. The molecule has 0 unspecified atom stereocenters. The van der Waals surface area contributed by atoms with Gasteiger partial charge in [0, 0.05) is 37.4 Å². The second-order valence-electron chi connectivity index (χ2n) is 8.31. The minimum Gasteiger partial charge on any atom is -0.494 e. The van der Waals surface area contributed by atoms with Gasteiger partial charge in [0.25, 0.3) is 0 Å². The van der Waals surface area contributed by atoms with E-state index in [4.69, 9.17) is 4.74 Å². The van der Waals surface area contributed by atoms with Crippen molar-refractivity contribution in [1.29, 1.82) is 0 Å². The zero-order valence-corrected chi connectivity index (χ0v) is 19.5. The molecule has 1 atom stereocenters. The number of hydrogen-bond acceptors (Lipinski definition) is 5. The number of piperidine rings is 1. The van der Waals surface area contributed by atoms with Gasteiger partial charge in [-0.05, 0) is 62.2 Å². The molecule has 4 rings (SSSR count). The second kappa shape index (κ2) is 9.93. The number of rotatable bonds is 7. The van der Waals surface area contributed by atoms with Crippen molar-refractivity contribution in [3.8, 4) is 5.75 Å². The molecule has 8 nitrogen and oxygen atoms in total. The Morgan fingerprint density at radius 2 is 1.82 bits per heavy atom. The zero-order chi connectivity index (χ0) is 23.4. The quantitative estimate of drug-likeness (QED) is 0.669. The van der Waals surface area contributed by atoms with Crippen LogP contribution in [0.1, 0.15) is 32.6 Å². The lowest BCUT2D eigenvalue weighted by Gasteiger charge is -2.26. The Labute approximate surface area is 194 Å². The van der Waals surface area contributed by atoms with Gasteiger partial charge in [-0.1, -0.05) is 12.5 Å². The smallest absolute Gasteiger partial charge is 0.243 e. The predicted molar refractivity (Wildman–Crippen MR) is 126 cm³/mol. The largest absolute Gasteiger partial charge is 0.494 e. The van der Waals surface area contributed by atoms with E-state index in [1.54, 1.807) is 47.4 Å². The van der Waals surface area contributed by atoms with Crippen molar-refractivity contribution in [3.05, 3.63) is 48.5 Å². The van der Waals surface area contributed by atoms with Gasteiger partial charge >= 0.3 is 0 Å². The molecule has 2 aromatic carbocycles. The van der Waals surface area contributed by atoms with Gasteiger partial charge in [-0.3, -0.25) is 9.59 Å². The lowest BCUT2D eigenvalue weighted by Crippen LogP contribution is -2.35. The molecule has 0 aromatic heterocycles. The van der Waals surface area contributed by atoms with Crippen molar-refractivity contribution in [2.45, 2.75) is 37.5 Å². The first-order valence-electron chi connectivity index (χ1n) is 11.3. The van der Waals surface area contributed by atoms with Gasteiger partial charge in [-0.2, -0.15) is 4.31 Å². The summed E-state index contributed by atoms with van der Waals surface area (Å²) in [5, 5.41) is 2.80. The Hall–Kier alpha value is -2.91. The molecular formula is C24H29N3O5S. The van der Waals surface area contributed by atoms with Crippen LogP contribution in [0.4, 0.5) is 11.4 Å². The van der Waals surface area contributed by atoms with Gasteiger partial charge in [0.15, 0.2) is 0 Å². The third-order valence-electron chi connectivity index (χ3n) is 6.01. The SMILES string of the molecule is CCOc1ccc(N2C[C@H](C(=O)Nc3cccc(S(=O)(=O)N4CCCCC4)c3)CC2=O)cc1. The minimum absolute atomic E-state index is 0.102. The number of hydrogen-bond donors (Lipinski definition) is 1. The van der Waals surface area contributed by atoms with Crippen LogP contribution >= 0.6 is 0 Å². The van der Waals surface area contributed by atoms with Crippen LogP contribution in [-0.2, 0) is 19.6 Å². The molecule has 0 radical (unpaired) electrons. The summed E-state index contributed by atoms with van der Waals surface area (Å²) in [6.45, 7) is 3.77. The number of carbonyl (C=O) groups excluding carboxylic acids is 2. The monoisotopic (exact) mass is 471 g/mol. The van der Waals surface area contributed by atoms with E-state index in [-0.39, 0.29) is 29.7 Å². The summed E-state index contributed by atoms with van der Waals surface area (Å²) in [5.41, 5.74) is 1.12. The van der Waals surface area contributed by atoms with Crippen molar-refractivity contribution in [2.24, 2.45) is 5.92 Å². The highest BCUT2D eigenvalue weighted by Crippen LogP contribution is 2.28. The number of benzene rings is 2. The summed E-state index contributed by atoms with van der Waals surface area (Å²) in [4.78, 5) is 27.2. The number of anilines is 2. The lowest BCUT2D eigenvalue weighted by molar-refractivity contribution is -0.122. The third-order valence-corrected chi connectivity index (χ3v) is 7.90. The highest BCUT2D eigenvalue weighted by Gasteiger charge is 2.35. The number of carbonyl (C=O) groups is 2. The summed E-state index contributed by atoms with van der Waals surface area (Å²) >= 11 is 0. The van der Waals surface area contributed by atoms with E-state index in [0.717, 1.165) is 25.0 Å². The van der Waals surface area contributed by atoms with Crippen molar-refractivity contribution in [3.63, 3.8) is 0 Å². The predicted octanol–water partition coefficient (Wildman–Crippen LogP) is 3.25. The fourth-order valence-electron chi connectivity index (χ4n) is 4.25. The first-order chi connectivity index (χ1) is 15.9. The van der Waals surface area contributed by atoms with E-state index in [9.17, 15) is 18.0 Å². The van der Waals surface area contributed by atoms with Gasteiger partial charge in [-0.15, -0.1) is 0 Å². The Balaban J connectivity index is 1.42. The maximum absolute atomic E-state index is 12.9. The fraction of sp³-hybridized carbons (Fsp3) is 0.417. The van der Waals surface area contributed by atoms with E-state index in [0.29, 0.717) is 31.1 Å². The van der Waals surface area contributed by atoms with Gasteiger partial charge < -0.3 is 15.0 Å². The fourth-order valence-corrected chi connectivity index (χ4v) is 5.82. The average molecular weight is 472 g/mol. The normalized spacial score (nSPS) is 19.5. The van der Waals surface area contributed by atoms with Crippen LogP contribution in [0.5, 0.6) is 5.75 Å². The Bertz CT molecular complexity index is 1110. The molecule has 2 heterocycles. The summed E-state index contributed by atoms with van der Waals surface area (Å²) in [6, 6.07) is 13.5. The summed E-state index contributed by atoms with van der Waals surface area (Å²) in [7, 11) is -3.59. The molecule has 2 saturated heterocycles. The Morgan fingerprint density at radius 1 is 1.09 bits per heavy atom. The molecular weight excluding hydrogens is 442 g/mol. The average Bonchev–Trinajstić information content (AvgIpc) is 3.22. The maximum Gasteiger partial charge on any atom is 0.243 e. The molecule has 2 aliphatic rings. The molecule has 176 valence electrons. The second-order valence-corrected chi connectivity index (χ2v) is 10.3. The van der Waals surface area contributed by atoms with E-state index in [1.807, 2.05) is 6.92 Å². The van der Waals surface area contributed by atoms with E-state index in [1.165, 1.54) is 10.4 Å². The molecule has 0 bridgehead atoms. The number of ether oxygens (including phenoxy) is 1. The van der Waals surface area contributed by atoms with Crippen LogP contribution in [0, 0.1) is 5.92 Å².